The number of hydrogen-bond acceptors (Lipinski definition) is 1. The summed E-state index contributed by atoms with van der Waals surface area (Å²) in [6, 6.07) is 0. The molecule has 0 aromatic carbocycles. The Labute approximate surface area is 75.5 Å². The van der Waals surface area contributed by atoms with Gasteiger partial charge in [0.15, 0.2) is 0 Å². The maximum Gasteiger partial charge on any atom is 0.253 e. The molecular weight excluding hydrogens is 172 g/mol. The third-order valence-corrected chi connectivity index (χ3v) is 2.77. The van der Waals surface area contributed by atoms with E-state index < -0.39 is 10.8 Å². The predicted octanol–water partition coefficient (Wildman–Crippen LogP) is -0.000480. The second kappa shape index (κ2) is 3.85. The Morgan fingerprint density at radius 3 is 2.75 bits per heavy atom. The molecule has 12 heavy (non-hydrogen) atoms. The summed E-state index contributed by atoms with van der Waals surface area (Å²) in [4.78, 5) is 0. The van der Waals surface area contributed by atoms with Gasteiger partial charge in [-0.15, -0.1) is 0 Å². The van der Waals surface area contributed by atoms with Crippen molar-refractivity contribution in [3.8, 4) is 0 Å². The highest BCUT2D eigenvalue weighted by molar-refractivity contribution is 7.84. The van der Waals surface area contributed by atoms with Crippen molar-refractivity contribution in [1.29, 1.82) is 0 Å². The lowest BCUT2D eigenvalue weighted by Crippen LogP contribution is -2.30. The van der Waals surface area contributed by atoms with E-state index in [2.05, 4.69) is 16.1 Å². The zero-order valence-corrected chi connectivity index (χ0v) is 8.60. The van der Waals surface area contributed by atoms with Crippen LogP contribution in [0.5, 0.6) is 0 Å². The van der Waals surface area contributed by atoms with Crippen molar-refractivity contribution in [2.45, 2.75) is 13.5 Å². The van der Waals surface area contributed by atoms with Gasteiger partial charge in [0.2, 0.25) is 0 Å². The molecule has 1 rings (SSSR count). The molecule has 0 bridgehead atoms. The monoisotopic (exact) mass is 187 g/mol. The van der Waals surface area contributed by atoms with E-state index in [1.807, 2.05) is 19.4 Å². The topological polar surface area (TPSA) is 25.9 Å². The van der Waals surface area contributed by atoms with Crippen LogP contribution in [-0.2, 0) is 24.4 Å². The highest BCUT2D eigenvalue weighted by Gasteiger charge is 2.07. The van der Waals surface area contributed by atoms with E-state index in [-0.39, 0.29) is 0 Å². The first-order valence-electron chi connectivity index (χ1n) is 3.92. The molecule has 0 saturated heterocycles. The fourth-order valence-electron chi connectivity index (χ4n) is 1.06. The van der Waals surface area contributed by atoms with Gasteiger partial charge in [-0.25, -0.2) is 9.13 Å². The molecule has 1 atom stereocenters. The Hall–Kier alpha value is -0.640. The SMILES string of the molecule is Cc1n(CCS(C)=O)cc[n+]1C. The normalized spacial score (nSPS) is 13.2. The van der Waals surface area contributed by atoms with Crippen molar-refractivity contribution in [1.82, 2.24) is 4.57 Å². The van der Waals surface area contributed by atoms with E-state index in [0.29, 0.717) is 0 Å². The van der Waals surface area contributed by atoms with Gasteiger partial charge in [0.05, 0.1) is 12.8 Å². The molecule has 0 N–H and O–H groups in total. The van der Waals surface area contributed by atoms with Gasteiger partial charge in [0.25, 0.3) is 5.82 Å². The Morgan fingerprint density at radius 2 is 2.33 bits per heavy atom. The van der Waals surface area contributed by atoms with Crippen molar-refractivity contribution in [3.63, 3.8) is 0 Å². The Balaban J connectivity index is 2.63. The maximum absolute atomic E-state index is 10.8. The summed E-state index contributed by atoms with van der Waals surface area (Å²) in [7, 11) is 1.31. The Morgan fingerprint density at radius 1 is 1.67 bits per heavy atom. The van der Waals surface area contributed by atoms with Gasteiger partial charge in [-0.3, -0.25) is 4.21 Å². The molecule has 0 aliphatic heterocycles. The standard InChI is InChI=1S/C8H15N2OS/c1-8-9(2)4-5-10(8)6-7-12(3)11/h4-5H,6-7H2,1-3H3/q+1. The minimum atomic E-state index is -0.695. The third-order valence-electron chi connectivity index (χ3n) is 2.02. The second-order valence-corrected chi connectivity index (χ2v) is 4.48. The first-order chi connectivity index (χ1) is 5.61. The molecule has 1 aromatic rings. The van der Waals surface area contributed by atoms with E-state index in [9.17, 15) is 4.21 Å². The molecule has 68 valence electrons. The molecule has 1 heterocycles. The molecule has 0 radical (unpaired) electrons. The molecule has 0 fully saturated rings. The van der Waals surface area contributed by atoms with Gasteiger partial charge in [0.1, 0.15) is 18.9 Å². The summed E-state index contributed by atoms with van der Waals surface area (Å²) in [5, 5.41) is 0. The largest absolute Gasteiger partial charge is 0.260 e. The van der Waals surface area contributed by atoms with Crippen LogP contribution < -0.4 is 4.57 Å². The number of rotatable bonds is 3. The van der Waals surface area contributed by atoms with E-state index >= 15 is 0 Å². The molecule has 0 aliphatic rings. The molecular formula is C8H15N2OS+. The fourth-order valence-corrected chi connectivity index (χ4v) is 1.52. The van der Waals surface area contributed by atoms with Gasteiger partial charge in [0, 0.05) is 24.0 Å². The molecule has 0 amide bonds. The molecule has 0 saturated carbocycles. The molecule has 1 aromatic heterocycles. The summed E-state index contributed by atoms with van der Waals surface area (Å²) in [6.07, 6.45) is 5.76. The van der Waals surface area contributed by atoms with Crippen LogP contribution in [0.3, 0.4) is 0 Å². The fraction of sp³-hybridized carbons (Fsp3) is 0.625. The molecule has 0 spiro atoms. The van der Waals surface area contributed by atoms with Gasteiger partial charge >= 0.3 is 0 Å². The Kier molecular flexibility index (Phi) is 3.03. The van der Waals surface area contributed by atoms with Crippen molar-refractivity contribution in [3.05, 3.63) is 18.2 Å². The van der Waals surface area contributed by atoms with E-state index in [1.165, 1.54) is 5.82 Å². The van der Waals surface area contributed by atoms with E-state index in [4.69, 9.17) is 0 Å². The average Bonchev–Trinajstić information content (AvgIpc) is 2.30. The van der Waals surface area contributed by atoms with Gasteiger partial charge in [-0.1, -0.05) is 0 Å². The highest BCUT2D eigenvalue weighted by atomic mass is 32.2. The maximum atomic E-state index is 10.8. The summed E-state index contributed by atoms with van der Waals surface area (Å²) in [6.45, 7) is 2.90. The van der Waals surface area contributed by atoms with Crippen LogP contribution in [0.1, 0.15) is 5.82 Å². The summed E-state index contributed by atoms with van der Waals surface area (Å²) in [5.41, 5.74) is 0. The van der Waals surface area contributed by atoms with Crippen LogP contribution >= 0.6 is 0 Å². The molecule has 1 unspecified atom stereocenters. The Bertz CT molecular complexity index is 293. The van der Waals surface area contributed by atoms with Crippen molar-refractivity contribution in [2.24, 2.45) is 7.05 Å². The first kappa shape index (κ1) is 9.45. The lowest BCUT2D eigenvalue weighted by atomic mass is 10.6. The van der Waals surface area contributed by atoms with Crippen LogP contribution in [0.2, 0.25) is 0 Å². The number of aryl methyl sites for hydroxylation is 2. The first-order valence-corrected chi connectivity index (χ1v) is 5.65. The lowest BCUT2D eigenvalue weighted by Gasteiger charge is -1.96. The van der Waals surface area contributed by atoms with Gasteiger partial charge in [-0.05, 0) is 0 Å². The van der Waals surface area contributed by atoms with Crippen LogP contribution in [0, 0.1) is 6.92 Å². The summed E-state index contributed by atoms with van der Waals surface area (Å²) >= 11 is 0. The summed E-state index contributed by atoms with van der Waals surface area (Å²) in [5.74, 6) is 1.93. The zero-order chi connectivity index (χ0) is 9.14. The average molecular weight is 187 g/mol. The van der Waals surface area contributed by atoms with Gasteiger partial charge in [-0.2, -0.15) is 0 Å². The lowest BCUT2D eigenvalue weighted by molar-refractivity contribution is -0.677. The smallest absolute Gasteiger partial charge is 0.253 e. The highest BCUT2D eigenvalue weighted by Crippen LogP contribution is 1.92. The third kappa shape index (κ3) is 2.17. The van der Waals surface area contributed by atoms with Gasteiger partial charge < -0.3 is 0 Å². The van der Waals surface area contributed by atoms with E-state index in [0.717, 1.165) is 12.3 Å². The van der Waals surface area contributed by atoms with Crippen molar-refractivity contribution >= 4 is 10.8 Å². The van der Waals surface area contributed by atoms with Crippen molar-refractivity contribution < 1.29 is 8.78 Å². The predicted molar refractivity (Wildman–Crippen MR) is 49.3 cm³/mol. The number of nitrogens with zero attached hydrogens (tertiary/aromatic N) is 2. The van der Waals surface area contributed by atoms with Crippen LogP contribution in [0.15, 0.2) is 12.4 Å². The molecule has 0 aliphatic carbocycles. The zero-order valence-electron chi connectivity index (χ0n) is 7.78. The second-order valence-electron chi connectivity index (χ2n) is 2.93. The quantitative estimate of drug-likeness (QED) is 0.612. The summed E-state index contributed by atoms with van der Waals surface area (Å²) < 4.78 is 15.0. The molecule has 3 nitrogen and oxygen atoms in total. The van der Waals surface area contributed by atoms with Crippen molar-refractivity contribution in [2.75, 3.05) is 12.0 Å². The number of hydrogen-bond donors (Lipinski definition) is 0. The van der Waals surface area contributed by atoms with E-state index in [1.54, 1.807) is 6.26 Å². The minimum absolute atomic E-state index is 0.695. The number of imidazole rings is 1. The number of aromatic nitrogens is 2. The van der Waals surface area contributed by atoms with Crippen LogP contribution in [-0.4, -0.2) is 20.8 Å². The molecule has 4 heteroatoms. The van der Waals surface area contributed by atoms with Crippen LogP contribution in [0.25, 0.3) is 0 Å². The van der Waals surface area contributed by atoms with Crippen LogP contribution in [0.4, 0.5) is 0 Å². The minimum Gasteiger partial charge on any atom is -0.260 e.